The van der Waals surface area contributed by atoms with Crippen LogP contribution in [-0.4, -0.2) is 36.2 Å². The standard InChI is InChI=1S/C17H22FN3O3/c1-5-7-11(3)24-15-9-14(13(18)8-12(15)10-22)20-17(23)21(4)16(19)6-2/h5,8-11,19H,1,6-7H2,2-4H3,(H,20,23). The summed E-state index contributed by atoms with van der Waals surface area (Å²) in [5.41, 5.74) is -0.0711. The summed E-state index contributed by atoms with van der Waals surface area (Å²) in [4.78, 5) is 24.2. The largest absolute Gasteiger partial charge is 0.490 e. The van der Waals surface area contributed by atoms with Crippen LogP contribution in [0.5, 0.6) is 5.75 Å². The van der Waals surface area contributed by atoms with Crippen molar-refractivity contribution in [3.05, 3.63) is 36.2 Å². The molecule has 0 aliphatic rings. The van der Waals surface area contributed by atoms with Gasteiger partial charge in [0.05, 0.1) is 17.4 Å². The molecule has 1 atom stereocenters. The number of anilines is 1. The predicted molar refractivity (Wildman–Crippen MR) is 91.5 cm³/mol. The van der Waals surface area contributed by atoms with Crippen molar-refractivity contribution in [1.29, 1.82) is 5.41 Å². The number of halogens is 1. The monoisotopic (exact) mass is 335 g/mol. The number of amides is 2. The van der Waals surface area contributed by atoms with Crippen LogP contribution in [0.4, 0.5) is 14.9 Å². The van der Waals surface area contributed by atoms with E-state index < -0.39 is 11.8 Å². The van der Waals surface area contributed by atoms with E-state index in [1.165, 1.54) is 13.1 Å². The first-order chi connectivity index (χ1) is 11.3. The Kier molecular flexibility index (Phi) is 7.10. The maximum Gasteiger partial charge on any atom is 0.327 e. The molecule has 0 aromatic heterocycles. The van der Waals surface area contributed by atoms with Gasteiger partial charge in [0, 0.05) is 26.0 Å². The highest BCUT2D eigenvalue weighted by molar-refractivity contribution is 6.02. The van der Waals surface area contributed by atoms with E-state index in [0.717, 1.165) is 11.0 Å². The maximum atomic E-state index is 14.1. The molecule has 1 aromatic rings. The van der Waals surface area contributed by atoms with E-state index in [9.17, 15) is 14.0 Å². The van der Waals surface area contributed by atoms with Gasteiger partial charge < -0.3 is 10.1 Å². The molecule has 130 valence electrons. The molecule has 0 aliphatic heterocycles. The summed E-state index contributed by atoms with van der Waals surface area (Å²) < 4.78 is 19.7. The number of ether oxygens (including phenoxy) is 1. The third-order valence-electron chi connectivity index (χ3n) is 3.34. The lowest BCUT2D eigenvalue weighted by Gasteiger charge is -2.19. The van der Waals surface area contributed by atoms with Gasteiger partial charge in [-0.15, -0.1) is 6.58 Å². The first-order valence-electron chi connectivity index (χ1n) is 7.52. The Labute approximate surface area is 140 Å². The zero-order chi connectivity index (χ0) is 18.3. The van der Waals surface area contributed by atoms with Gasteiger partial charge in [0.25, 0.3) is 0 Å². The Bertz CT molecular complexity index is 646. The van der Waals surface area contributed by atoms with Gasteiger partial charge in [-0.25, -0.2) is 9.18 Å². The number of rotatable bonds is 7. The highest BCUT2D eigenvalue weighted by Gasteiger charge is 2.17. The van der Waals surface area contributed by atoms with E-state index >= 15 is 0 Å². The van der Waals surface area contributed by atoms with E-state index in [1.807, 2.05) is 0 Å². The lowest BCUT2D eigenvalue weighted by atomic mass is 10.1. The summed E-state index contributed by atoms with van der Waals surface area (Å²) in [6.45, 7) is 7.13. The average Bonchev–Trinajstić information content (AvgIpc) is 2.56. The molecule has 0 spiro atoms. The number of carbonyl (C=O) groups is 2. The zero-order valence-corrected chi connectivity index (χ0v) is 14.1. The Balaban J connectivity index is 3.06. The van der Waals surface area contributed by atoms with Gasteiger partial charge in [0.2, 0.25) is 0 Å². The molecule has 0 heterocycles. The fourth-order valence-electron chi connectivity index (χ4n) is 1.92. The van der Waals surface area contributed by atoms with Crippen LogP contribution in [0.3, 0.4) is 0 Å². The molecule has 1 rings (SSSR count). The maximum absolute atomic E-state index is 14.1. The summed E-state index contributed by atoms with van der Waals surface area (Å²) in [6, 6.07) is 1.62. The van der Waals surface area contributed by atoms with Crippen LogP contribution < -0.4 is 10.1 Å². The third-order valence-corrected chi connectivity index (χ3v) is 3.34. The van der Waals surface area contributed by atoms with Crippen LogP contribution in [0.15, 0.2) is 24.8 Å². The summed E-state index contributed by atoms with van der Waals surface area (Å²) in [7, 11) is 1.42. The van der Waals surface area contributed by atoms with Crippen LogP contribution in [0.1, 0.15) is 37.0 Å². The predicted octanol–water partition coefficient (Wildman–Crippen LogP) is 3.83. The molecule has 0 radical (unpaired) electrons. The van der Waals surface area contributed by atoms with E-state index in [0.29, 0.717) is 19.1 Å². The van der Waals surface area contributed by atoms with Crippen LogP contribution in [0.25, 0.3) is 0 Å². The van der Waals surface area contributed by atoms with Crippen LogP contribution in [0.2, 0.25) is 0 Å². The number of hydrogen-bond acceptors (Lipinski definition) is 4. The van der Waals surface area contributed by atoms with Crippen molar-refractivity contribution in [3.8, 4) is 5.75 Å². The Morgan fingerprint density at radius 1 is 1.54 bits per heavy atom. The van der Waals surface area contributed by atoms with Crippen molar-refractivity contribution in [2.75, 3.05) is 12.4 Å². The van der Waals surface area contributed by atoms with Crippen molar-refractivity contribution in [3.63, 3.8) is 0 Å². The van der Waals surface area contributed by atoms with E-state index in [2.05, 4.69) is 11.9 Å². The highest BCUT2D eigenvalue weighted by Crippen LogP contribution is 2.27. The number of benzene rings is 1. The van der Waals surface area contributed by atoms with Crippen LogP contribution in [0, 0.1) is 11.2 Å². The SMILES string of the molecule is C=CCC(C)Oc1cc(NC(=O)N(C)C(=N)CC)c(F)cc1C=O. The second kappa shape index (κ2) is 8.81. The lowest BCUT2D eigenvalue weighted by Crippen LogP contribution is -2.36. The minimum atomic E-state index is -0.759. The summed E-state index contributed by atoms with van der Waals surface area (Å²) >= 11 is 0. The minimum Gasteiger partial charge on any atom is -0.490 e. The van der Waals surface area contributed by atoms with Gasteiger partial charge in [-0.3, -0.25) is 15.1 Å². The number of aldehydes is 1. The van der Waals surface area contributed by atoms with Crippen molar-refractivity contribution in [1.82, 2.24) is 4.90 Å². The van der Waals surface area contributed by atoms with Crippen LogP contribution in [-0.2, 0) is 0 Å². The number of hydrogen-bond donors (Lipinski definition) is 2. The molecule has 2 amide bonds. The second-order valence-electron chi connectivity index (χ2n) is 5.23. The zero-order valence-electron chi connectivity index (χ0n) is 14.1. The van der Waals surface area contributed by atoms with E-state index in [-0.39, 0.29) is 28.9 Å². The number of carbonyl (C=O) groups excluding carboxylic acids is 2. The molecule has 24 heavy (non-hydrogen) atoms. The molecule has 0 saturated carbocycles. The summed E-state index contributed by atoms with van der Waals surface area (Å²) in [5.74, 6) is -0.497. The van der Waals surface area contributed by atoms with Gasteiger partial charge in [-0.05, 0) is 13.0 Å². The Hall–Kier alpha value is -2.70. The van der Waals surface area contributed by atoms with Gasteiger partial charge in [0.1, 0.15) is 17.4 Å². The topological polar surface area (TPSA) is 82.5 Å². The number of urea groups is 1. The van der Waals surface area contributed by atoms with Crippen molar-refractivity contribution < 1.29 is 18.7 Å². The number of nitrogens with one attached hydrogen (secondary N) is 2. The Morgan fingerprint density at radius 3 is 2.75 bits per heavy atom. The fourth-order valence-corrected chi connectivity index (χ4v) is 1.92. The highest BCUT2D eigenvalue weighted by atomic mass is 19.1. The third kappa shape index (κ3) is 4.91. The summed E-state index contributed by atoms with van der Waals surface area (Å²) in [5, 5.41) is 10.0. The molecule has 0 saturated heterocycles. The molecule has 1 aromatic carbocycles. The van der Waals surface area contributed by atoms with Crippen LogP contribution >= 0.6 is 0 Å². The molecular weight excluding hydrogens is 313 g/mol. The minimum absolute atomic E-state index is 0.0519. The Morgan fingerprint density at radius 2 is 2.21 bits per heavy atom. The number of amidine groups is 1. The van der Waals surface area contributed by atoms with Crippen molar-refractivity contribution in [2.24, 2.45) is 0 Å². The van der Waals surface area contributed by atoms with Crippen molar-refractivity contribution in [2.45, 2.75) is 32.8 Å². The molecule has 2 N–H and O–H groups in total. The number of nitrogens with zero attached hydrogens (tertiary/aromatic N) is 1. The molecule has 1 unspecified atom stereocenters. The normalized spacial score (nSPS) is 11.3. The molecule has 0 fully saturated rings. The molecule has 6 nitrogen and oxygen atoms in total. The van der Waals surface area contributed by atoms with Gasteiger partial charge in [0.15, 0.2) is 6.29 Å². The van der Waals surface area contributed by atoms with E-state index in [1.54, 1.807) is 19.9 Å². The van der Waals surface area contributed by atoms with Crippen molar-refractivity contribution >= 4 is 23.8 Å². The molecule has 0 bridgehead atoms. The molecule has 0 aliphatic carbocycles. The first-order valence-corrected chi connectivity index (χ1v) is 7.52. The lowest BCUT2D eigenvalue weighted by molar-refractivity contribution is 0.111. The quantitative estimate of drug-likeness (QED) is 0.344. The first kappa shape index (κ1) is 19.3. The smallest absolute Gasteiger partial charge is 0.327 e. The molecular formula is C17H22FN3O3. The van der Waals surface area contributed by atoms with Gasteiger partial charge in [-0.1, -0.05) is 13.0 Å². The fraction of sp³-hybridized carbons (Fsp3) is 0.353. The average molecular weight is 335 g/mol. The van der Waals surface area contributed by atoms with Gasteiger partial charge >= 0.3 is 6.03 Å². The van der Waals surface area contributed by atoms with Gasteiger partial charge in [-0.2, -0.15) is 0 Å². The molecule has 7 heteroatoms. The summed E-state index contributed by atoms with van der Waals surface area (Å²) in [6.07, 6.45) is 2.82. The second-order valence-corrected chi connectivity index (χ2v) is 5.23. The van der Waals surface area contributed by atoms with E-state index in [4.69, 9.17) is 10.1 Å².